The molecule has 1 aromatic carbocycles. The maximum absolute atomic E-state index is 12.4. The van der Waals surface area contributed by atoms with Crippen LogP contribution in [0.5, 0.6) is 5.75 Å². The van der Waals surface area contributed by atoms with Crippen molar-refractivity contribution in [1.29, 1.82) is 0 Å². The number of ether oxygens (including phenoxy) is 1. The lowest BCUT2D eigenvalue weighted by molar-refractivity contribution is -0.118. The smallest absolute Gasteiger partial charge is 0.238 e. The Morgan fingerprint density at radius 3 is 2.62 bits per heavy atom. The second kappa shape index (κ2) is 8.53. The van der Waals surface area contributed by atoms with E-state index in [1.165, 1.54) is 25.3 Å². The number of amides is 1. The number of hydrogen-bond donors (Lipinski definition) is 3. The van der Waals surface area contributed by atoms with Crippen LogP contribution >= 0.6 is 12.4 Å². The topological polar surface area (TPSA) is 128 Å². The summed E-state index contributed by atoms with van der Waals surface area (Å²) in [6.45, 7) is 5.82. The SMILES string of the molecule is COc1ccc(S(N)(=O)=O)cc1NC(=O)CN1CCC(N)C(C)(C)C1.Cl. The number of carbonyl (C=O) groups excluding carboxylic acids is 1. The summed E-state index contributed by atoms with van der Waals surface area (Å²) in [5.74, 6) is 0.109. The van der Waals surface area contributed by atoms with Gasteiger partial charge in [0.2, 0.25) is 15.9 Å². The number of anilines is 1. The molecule has 1 aromatic rings. The molecule has 0 aromatic heterocycles. The summed E-state index contributed by atoms with van der Waals surface area (Å²) in [7, 11) is -2.43. The summed E-state index contributed by atoms with van der Waals surface area (Å²) < 4.78 is 28.2. The van der Waals surface area contributed by atoms with E-state index in [-0.39, 0.29) is 46.9 Å². The highest BCUT2D eigenvalue weighted by molar-refractivity contribution is 7.89. The van der Waals surface area contributed by atoms with Gasteiger partial charge in [0.25, 0.3) is 0 Å². The van der Waals surface area contributed by atoms with Gasteiger partial charge in [-0.15, -0.1) is 12.4 Å². The summed E-state index contributed by atoms with van der Waals surface area (Å²) >= 11 is 0. The van der Waals surface area contributed by atoms with Crippen molar-refractivity contribution in [1.82, 2.24) is 4.90 Å². The van der Waals surface area contributed by atoms with Crippen LogP contribution in [0.1, 0.15) is 20.3 Å². The molecule has 0 bridgehead atoms. The molecule has 1 saturated heterocycles. The van der Waals surface area contributed by atoms with Gasteiger partial charge in [-0.3, -0.25) is 9.69 Å². The first-order valence-electron chi connectivity index (χ1n) is 8.01. The highest BCUT2D eigenvalue weighted by Crippen LogP contribution is 2.29. The maximum atomic E-state index is 12.4. The van der Waals surface area contributed by atoms with Crippen molar-refractivity contribution in [3.05, 3.63) is 18.2 Å². The number of hydrogen-bond acceptors (Lipinski definition) is 6. The van der Waals surface area contributed by atoms with E-state index in [1.54, 1.807) is 0 Å². The average Bonchev–Trinajstić information content (AvgIpc) is 2.49. The number of carbonyl (C=O) groups is 1. The number of benzene rings is 1. The van der Waals surface area contributed by atoms with Crippen molar-refractivity contribution < 1.29 is 17.9 Å². The van der Waals surface area contributed by atoms with E-state index < -0.39 is 10.0 Å². The van der Waals surface area contributed by atoms with Gasteiger partial charge in [-0.1, -0.05) is 13.8 Å². The Morgan fingerprint density at radius 1 is 1.42 bits per heavy atom. The second-order valence-corrected chi connectivity index (χ2v) is 8.61. The number of halogens is 1. The lowest BCUT2D eigenvalue weighted by Crippen LogP contribution is -2.53. The average molecular weight is 407 g/mol. The van der Waals surface area contributed by atoms with Crippen LogP contribution in [-0.2, 0) is 14.8 Å². The van der Waals surface area contributed by atoms with Gasteiger partial charge in [0, 0.05) is 19.1 Å². The monoisotopic (exact) mass is 406 g/mol. The molecule has 1 amide bonds. The lowest BCUT2D eigenvalue weighted by atomic mass is 9.80. The number of nitrogens with one attached hydrogen (secondary N) is 1. The van der Waals surface area contributed by atoms with Crippen molar-refractivity contribution in [2.24, 2.45) is 16.3 Å². The molecule has 1 aliphatic rings. The van der Waals surface area contributed by atoms with E-state index in [0.717, 1.165) is 19.5 Å². The molecule has 0 spiro atoms. The third kappa shape index (κ3) is 5.55. The Labute approximate surface area is 160 Å². The van der Waals surface area contributed by atoms with Gasteiger partial charge in [-0.2, -0.15) is 0 Å². The number of likely N-dealkylation sites (tertiary alicyclic amines) is 1. The second-order valence-electron chi connectivity index (χ2n) is 7.05. The molecule has 148 valence electrons. The van der Waals surface area contributed by atoms with Crippen LogP contribution in [0.2, 0.25) is 0 Å². The zero-order valence-electron chi connectivity index (χ0n) is 15.2. The van der Waals surface area contributed by atoms with Gasteiger partial charge < -0.3 is 15.8 Å². The van der Waals surface area contributed by atoms with Gasteiger partial charge in [0.1, 0.15) is 5.75 Å². The summed E-state index contributed by atoms with van der Waals surface area (Å²) in [5.41, 5.74) is 6.32. The van der Waals surface area contributed by atoms with Crippen molar-refractivity contribution in [3.63, 3.8) is 0 Å². The normalized spacial score (nSPS) is 20.1. The molecule has 1 heterocycles. The number of rotatable bonds is 5. The van der Waals surface area contributed by atoms with Crippen LogP contribution in [0.3, 0.4) is 0 Å². The number of piperidine rings is 1. The van der Waals surface area contributed by atoms with Crippen LogP contribution in [0.15, 0.2) is 23.1 Å². The molecule has 1 atom stereocenters. The van der Waals surface area contributed by atoms with Crippen LogP contribution in [0.25, 0.3) is 0 Å². The van der Waals surface area contributed by atoms with Gasteiger partial charge in [-0.05, 0) is 30.0 Å². The Kier molecular flexibility index (Phi) is 7.43. The van der Waals surface area contributed by atoms with Crippen molar-refractivity contribution in [3.8, 4) is 5.75 Å². The van der Waals surface area contributed by atoms with Gasteiger partial charge in [0.05, 0.1) is 24.2 Å². The summed E-state index contributed by atoms with van der Waals surface area (Å²) in [4.78, 5) is 14.3. The minimum atomic E-state index is -3.87. The van der Waals surface area contributed by atoms with Crippen molar-refractivity contribution >= 4 is 34.0 Å². The third-order valence-electron chi connectivity index (χ3n) is 4.53. The third-order valence-corrected chi connectivity index (χ3v) is 5.44. The van der Waals surface area contributed by atoms with Gasteiger partial charge in [0.15, 0.2) is 0 Å². The highest BCUT2D eigenvalue weighted by Gasteiger charge is 2.34. The maximum Gasteiger partial charge on any atom is 0.238 e. The van der Waals surface area contributed by atoms with Crippen LogP contribution in [0, 0.1) is 5.41 Å². The molecule has 8 nitrogen and oxygen atoms in total. The highest BCUT2D eigenvalue weighted by atomic mass is 35.5. The molecule has 0 radical (unpaired) electrons. The fraction of sp³-hybridized carbons (Fsp3) is 0.562. The molecule has 0 saturated carbocycles. The van der Waals surface area contributed by atoms with E-state index in [4.69, 9.17) is 15.6 Å². The number of nitrogens with zero attached hydrogens (tertiary/aromatic N) is 1. The molecular weight excluding hydrogens is 380 g/mol. The molecule has 1 fully saturated rings. The van der Waals surface area contributed by atoms with Crippen LogP contribution < -0.4 is 20.9 Å². The largest absolute Gasteiger partial charge is 0.495 e. The summed E-state index contributed by atoms with van der Waals surface area (Å²) in [5, 5.41) is 7.84. The fourth-order valence-electron chi connectivity index (χ4n) is 2.97. The Balaban J connectivity index is 0.00000338. The van der Waals surface area contributed by atoms with E-state index in [2.05, 4.69) is 19.2 Å². The zero-order chi connectivity index (χ0) is 18.8. The van der Waals surface area contributed by atoms with E-state index in [1.807, 2.05) is 4.90 Å². The van der Waals surface area contributed by atoms with E-state index >= 15 is 0 Å². The van der Waals surface area contributed by atoms with E-state index in [0.29, 0.717) is 5.75 Å². The van der Waals surface area contributed by atoms with Crippen molar-refractivity contribution in [2.45, 2.75) is 31.2 Å². The number of sulfonamides is 1. The standard InChI is InChI=1S/C16H26N4O4S.ClH/c1-16(2)10-20(7-6-14(16)17)9-15(21)19-12-8-11(25(18,22)23)4-5-13(12)24-3;/h4-5,8,14H,6-7,9-10,17H2,1-3H3,(H,19,21)(H2,18,22,23);1H. The number of methoxy groups -OCH3 is 1. The minimum Gasteiger partial charge on any atom is -0.495 e. The number of primary sulfonamides is 1. The summed E-state index contributed by atoms with van der Waals surface area (Å²) in [6, 6.07) is 4.19. The lowest BCUT2D eigenvalue weighted by Gasteiger charge is -2.42. The first kappa shape index (κ1) is 22.7. The number of nitrogens with two attached hydrogens (primary N) is 2. The zero-order valence-corrected chi connectivity index (χ0v) is 16.8. The Bertz CT molecular complexity index is 755. The molecular formula is C16H27ClN4O4S. The molecule has 1 aliphatic heterocycles. The molecule has 2 rings (SSSR count). The van der Waals surface area contributed by atoms with Gasteiger partial charge in [-0.25, -0.2) is 13.6 Å². The van der Waals surface area contributed by atoms with Crippen LogP contribution in [0.4, 0.5) is 5.69 Å². The Morgan fingerprint density at radius 2 is 2.08 bits per heavy atom. The Hall–Kier alpha value is -1.39. The van der Waals surface area contributed by atoms with Crippen molar-refractivity contribution in [2.75, 3.05) is 32.1 Å². The molecule has 5 N–H and O–H groups in total. The minimum absolute atomic E-state index is 0. The van der Waals surface area contributed by atoms with E-state index in [9.17, 15) is 13.2 Å². The first-order chi connectivity index (χ1) is 11.5. The fourth-order valence-corrected chi connectivity index (χ4v) is 3.51. The molecule has 1 unspecified atom stereocenters. The quantitative estimate of drug-likeness (QED) is 0.662. The summed E-state index contributed by atoms with van der Waals surface area (Å²) in [6.07, 6.45) is 0.824. The molecule has 10 heteroatoms. The molecule has 26 heavy (non-hydrogen) atoms. The molecule has 0 aliphatic carbocycles. The predicted molar refractivity (Wildman–Crippen MR) is 103 cm³/mol. The van der Waals surface area contributed by atoms with Crippen LogP contribution in [-0.4, -0.2) is 52.0 Å². The predicted octanol–water partition coefficient (Wildman–Crippen LogP) is 0.762. The van der Waals surface area contributed by atoms with Gasteiger partial charge >= 0.3 is 0 Å². The first-order valence-corrected chi connectivity index (χ1v) is 9.56.